The SMILES string of the molecule is COc1ccccc1-c1ccc(Cn2ncc3nc(-n4cc(C(=O)O)cn4)nc(O)c32)cc1F. The van der Waals surface area contributed by atoms with Crippen LogP contribution in [-0.4, -0.2) is 52.8 Å². The van der Waals surface area contributed by atoms with Gasteiger partial charge in [-0.05, 0) is 17.7 Å². The molecule has 3 heterocycles. The van der Waals surface area contributed by atoms with Crippen LogP contribution in [0.3, 0.4) is 0 Å². The van der Waals surface area contributed by atoms with Gasteiger partial charge in [-0.3, -0.25) is 4.68 Å². The fourth-order valence-electron chi connectivity index (χ4n) is 3.65. The average Bonchev–Trinajstić information content (AvgIpc) is 3.47. The Hall–Kier alpha value is -4.80. The number of nitrogens with zero attached hydrogens (tertiary/aromatic N) is 6. The molecule has 2 aromatic carbocycles. The molecule has 10 nitrogen and oxygen atoms in total. The Kier molecular flexibility index (Phi) is 5.13. The maximum Gasteiger partial charge on any atom is 0.338 e. The van der Waals surface area contributed by atoms with Crippen molar-refractivity contribution in [2.45, 2.75) is 6.54 Å². The first-order valence-electron chi connectivity index (χ1n) is 10.1. The molecule has 0 aliphatic carbocycles. The van der Waals surface area contributed by atoms with Gasteiger partial charge >= 0.3 is 5.97 Å². The van der Waals surface area contributed by atoms with Crippen LogP contribution >= 0.6 is 0 Å². The molecule has 0 aliphatic heterocycles. The normalized spacial score (nSPS) is 11.1. The Morgan fingerprint density at radius 3 is 2.65 bits per heavy atom. The summed E-state index contributed by atoms with van der Waals surface area (Å²) in [6, 6.07) is 12.0. The zero-order valence-corrected chi connectivity index (χ0v) is 17.8. The zero-order chi connectivity index (χ0) is 23.8. The molecule has 0 radical (unpaired) electrons. The van der Waals surface area contributed by atoms with E-state index in [0.717, 1.165) is 10.9 Å². The molecule has 0 saturated carbocycles. The Bertz CT molecular complexity index is 1540. The second-order valence-corrected chi connectivity index (χ2v) is 7.38. The minimum Gasteiger partial charge on any atom is -0.496 e. The third-order valence-electron chi connectivity index (χ3n) is 5.26. The summed E-state index contributed by atoms with van der Waals surface area (Å²) in [5.41, 5.74) is 2.19. The predicted molar refractivity (Wildman–Crippen MR) is 119 cm³/mol. The molecule has 0 spiro atoms. The number of aromatic nitrogens is 6. The number of carbonyl (C=O) groups is 1. The fourth-order valence-corrected chi connectivity index (χ4v) is 3.65. The van der Waals surface area contributed by atoms with Crippen LogP contribution in [0.4, 0.5) is 4.39 Å². The Balaban J connectivity index is 1.46. The lowest BCUT2D eigenvalue weighted by atomic mass is 10.0. The van der Waals surface area contributed by atoms with Crippen LogP contribution in [-0.2, 0) is 6.54 Å². The van der Waals surface area contributed by atoms with E-state index < -0.39 is 11.8 Å². The molecular formula is C23H17FN6O4. The summed E-state index contributed by atoms with van der Waals surface area (Å²) < 4.78 is 22.9. The van der Waals surface area contributed by atoms with Crippen molar-refractivity contribution in [3.8, 4) is 28.7 Å². The quantitative estimate of drug-likeness (QED) is 0.395. The van der Waals surface area contributed by atoms with Crippen LogP contribution in [0.25, 0.3) is 28.1 Å². The first kappa shape index (κ1) is 21.1. The van der Waals surface area contributed by atoms with Crippen molar-refractivity contribution >= 4 is 17.0 Å². The van der Waals surface area contributed by atoms with Gasteiger partial charge in [-0.25, -0.2) is 18.9 Å². The van der Waals surface area contributed by atoms with Crippen LogP contribution in [0.5, 0.6) is 11.6 Å². The maximum atomic E-state index is 15.0. The summed E-state index contributed by atoms with van der Waals surface area (Å²) in [5.74, 6) is -1.37. The third-order valence-corrected chi connectivity index (χ3v) is 5.26. The number of rotatable bonds is 6. The van der Waals surface area contributed by atoms with Crippen molar-refractivity contribution in [1.29, 1.82) is 0 Å². The van der Waals surface area contributed by atoms with Crippen molar-refractivity contribution in [3.05, 3.63) is 78.0 Å². The first-order chi connectivity index (χ1) is 16.4. The second kappa shape index (κ2) is 8.28. The Labute approximate surface area is 191 Å². The summed E-state index contributed by atoms with van der Waals surface area (Å²) in [5, 5.41) is 27.7. The van der Waals surface area contributed by atoms with Gasteiger partial charge < -0.3 is 14.9 Å². The lowest BCUT2D eigenvalue weighted by molar-refractivity contribution is 0.0697. The van der Waals surface area contributed by atoms with Gasteiger partial charge in [0.05, 0.1) is 31.6 Å². The Morgan fingerprint density at radius 1 is 1.09 bits per heavy atom. The average molecular weight is 460 g/mol. The summed E-state index contributed by atoms with van der Waals surface area (Å²) in [7, 11) is 1.53. The van der Waals surface area contributed by atoms with E-state index in [0.29, 0.717) is 28.0 Å². The monoisotopic (exact) mass is 460 g/mol. The highest BCUT2D eigenvalue weighted by atomic mass is 19.1. The van der Waals surface area contributed by atoms with Gasteiger partial charge in [-0.2, -0.15) is 15.2 Å². The van der Waals surface area contributed by atoms with Gasteiger partial charge in [-0.15, -0.1) is 0 Å². The number of methoxy groups -OCH3 is 1. The van der Waals surface area contributed by atoms with Crippen LogP contribution < -0.4 is 4.74 Å². The largest absolute Gasteiger partial charge is 0.496 e. The van der Waals surface area contributed by atoms with Crippen LogP contribution in [0.1, 0.15) is 15.9 Å². The van der Waals surface area contributed by atoms with Gasteiger partial charge in [0.25, 0.3) is 5.95 Å². The number of aromatic carboxylic acids is 1. The first-order valence-corrected chi connectivity index (χ1v) is 10.1. The standard InChI is InChI=1S/C23H17FN6O4/c1-34-19-5-3-2-4-16(19)15-7-6-13(8-17(15)24)11-29-20-18(10-26-29)27-23(28-21(20)31)30-12-14(9-25-30)22(32)33/h2-10,12H,11H2,1H3,(H,32,33)(H,27,28,31). The molecule has 5 rings (SSSR count). The highest BCUT2D eigenvalue weighted by Gasteiger charge is 2.17. The van der Waals surface area contributed by atoms with Crippen molar-refractivity contribution in [2.24, 2.45) is 0 Å². The molecule has 11 heteroatoms. The number of benzene rings is 2. The highest BCUT2D eigenvalue weighted by Crippen LogP contribution is 2.32. The molecule has 0 atom stereocenters. The van der Waals surface area contributed by atoms with Gasteiger partial charge in [0.1, 0.15) is 22.6 Å². The lowest BCUT2D eigenvalue weighted by Gasteiger charge is -2.11. The van der Waals surface area contributed by atoms with E-state index in [4.69, 9.17) is 9.84 Å². The van der Waals surface area contributed by atoms with Crippen molar-refractivity contribution in [2.75, 3.05) is 7.11 Å². The molecule has 0 aliphatic rings. The molecule has 0 amide bonds. The molecular weight excluding hydrogens is 443 g/mol. The predicted octanol–water partition coefficient (Wildman–Crippen LogP) is 3.28. The second-order valence-electron chi connectivity index (χ2n) is 7.38. The van der Waals surface area contributed by atoms with E-state index in [1.165, 1.54) is 30.3 Å². The van der Waals surface area contributed by atoms with Crippen LogP contribution in [0.15, 0.2) is 61.1 Å². The summed E-state index contributed by atoms with van der Waals surface area (Å²) in [6.45, 7) is 0.161. The Morgan fingerprint density at radius 2 is 1.91 bits per heavy atom. The number of hydrogen-bond donors (Lipinski definition) is 2. The number of para-hydroxylation sites is 1. The van der Waals surface area contributed by atoms with E-state index in [2.05, 4.69) is 20.2 Å². The number of carboxylic acid groups (broad SMARTS) is 1. The van der Waals surface area contributed by atoms with Gasteiger partial charge in [-0.1, -0.05) is 30.3 Å². The van der Waals surface area contributed by atoms with Crippen LogP contribution in [0.2, 0.25) is 0 Å². The van der Waals surface area contributed by atoms with E-state index in [9.17, 15) is 14.3 Å². The minimum absolute atomic E-state index is 0.00995. The zero-order valence-electron chi connectivity index (χ0n) is 17.8. The van der Waals surface area contributed by atoms with Crippen molar-refractivity contribution < 1.29 is 24.1 Å². The van der Waals surface area contributed by atoms with Crippen molar-refractivity contribution in [1.82, 2.24) is 29.5 Å². The fraction of sp³-hybridized carbons (Fsp3) is 0.0870. The number of ether oxygens (including phenoxy) is 1. The van der Waals surface area contributed by atoms with Gasteiger partial charge in [0, 0.05) is 17.3 Å². The number of aromatic hydroxyl groups is 1. The number of fused-ring (bicyclic) bond motifs is 1. The van der Waals surface area contributed by atoms with E-state index >= 15 is 0 Å². The van der Waals surface area contributed by atoms with E-state index in [-0.39, 0.29) is 29.5 Å². The molecule has 0 fully saturated rings. The van der Waals surface area contributed by atoms with Crippen LogP contribution in [0, 0.1) is 5.82 Å². The van der Waals surface area contributed by atoms with E-state index in [1.54, 1.807) is 24.3 Å². The number of carboxylic acids is 1. The van der Waals surface area contributed by atoms with E-state index in [1.807, 2.05) is 12.1 Å². The topological polar surface area (TPSA) is 128 Å². The smallest absolute Gasteiger partial charge is 0.338 e. The molecule has 2 N–H and O–H groups in total. The molecule has 3 aromatic heterocycles. The number of hydrogen-bond acceptors (Lipinski definition) is 7. The molecule has 0 unspecified atom stereocenters. The molecule has 0 saturated heterocycles. The summed E-state index contributed by atoms with van der Waals surface area (Å²) >= 11 is 0. The molecule has 5 aromatic rings. The molecule has 0 bridgehead atoms. The lowest BCUT2D eigenvalue weighted by Crippen LogP contribution is -2.05. The van der Waals surface area contributed by atoms with Gasteiger partial charge in [0.2, 0.25) is 5.88 Å². The third kappa shape index (κ3) is 3.68. The highest BCUT2D eigenvalue weighted by molar-refractivity contribution is 5.87. The molecule has 170 valence electrons. The molecule has 34 heavy (non-hydrogen) atoms. The summed E-state index contributed by atoms with van der Waals surface area (Å²) in [4.78, 5) is 19.4. The van der Waals surface area contributed by atoms with Crippen molar-refractivity contribution in [3.63, 3.8) is 0 Å². The maximum absolute atomic E-state index is 15.0. The van der Waals surface area contributed by atoms with Gasteiger partial charge in [0.15, 0.2) is 0 Å². The number of halogens is 1. The summed E-state index contributed by atoms with van der Waals surface area (Å²) in [6.07, 6.45) is 3.82. The minimum atomic E-state index is -1.15.